The van der Waals surface area contributed by atoms with E-state index in [9.17, 15) is 31.1 Å². The van der Waals surface area contributed by atoms with Gasteiger partial charge in [-0.25, -0.2) is 19.7 Å². The first-order chi connectivity index (χ1) is 16.5. The van der Waals surface area contributed by atoms with Crippen molar-refractivity contribution in [3.63, 3.8) is 0 Å². The van der Waals surface area contributed by atoms with Gasteiger partial charge in [-0.15, -0.1) is 0 Å². The Morgan fingerprint density at radius 3 is 2.49 bits per heavy atom. The number of hydrogen-bond acceptors (Lipinski definition) is 6. The van der Waals surface area contributed by atoms with E-state index >= 15 is 0 Å². The molecule has 0 saturated heterocycles. The fourth-order valence-electron chi connectivity index (χ4n) is 3.39. The molecule has 0 spiro atoms. The van der Waals surface area contributed by atoms with E-state index in [1.54, 1.807) is 0 Å². The minimum Gasteiger partial charge on any atom is -0.453 e. The average molecular weight is 499 g/mol. The molecule has 4 N–H and O–H groups in total. The van der Waals surface area contributed by atoms with Crippen molar-refractivity contribution >= 4 is 28.6 Å². The molecule has 3 heterocycles. The quantitative estimate of drug-likeness (QED) is 0.281. The number of ether oxygens (including phenoxy) is 1. The van der Waals surface area contributed by atoms with Crippen LogP contribution in [0.15, 0.2) is 37.1 Å². The molecular weight excluding hydrogens is 484 g/mol. The molecule has 0 unspecified atom stereocenters. The van der Waals surface area contributed by atoms with Crippen molar-refractivity contribution in [1.82, 2.24) is 24.9 Å². The van der Waals surface area contributed by atoms with Gasteiger partial charge < -0.3 is 20.0 Å². The fourth-order valence-corrected chi connectivity index (χ4v) is 3.39. The molecule has 35 heavy (non-hydrogen) atoms. The lowest BCUT2D eigenvalue weighted by molar-refractivity contribution is -0.137. The molecule has 0 aliphatic heterocycles. The summed E-state index contributed by atoms with van der Waals surface area (Å²) in [4.78, 5) is 28.1. The number of anilines is 2. The highest BCUT2D eigenvalue weighted by molar-refractivity contribution is 6.01. The zero-order valence-electron chi connectivity index (χ0n) is 17.6. The molecule has 1 amide bonds. The number of hydrogen-bond donors (Lipinski definition) is 4. The number of nitrogens with one attached hydrogen (secondary N) is 4. The molecule has 4 aromatic rings. The highest BCUT2D eigenvalue weighted by Crippen LogP contribution is 2.44. The normalized spacial score (nSPS) is 12.1. The molecule has 3 aromatic heterocycles. The minimum atomic E-state index is -4.96. The number of rotatable bonds is 5. The number of carbonyl (C=O) groups is 1. The van der Waals surface area contributed by atoms with Crippen molar-refractivity contribution in [1.29, 1.82) is 0 Å². The first-order valence-electron chi connectivity index (χ1n) is 9.71. The fraction of sp³-hybridized carbons (Fsp3) is 0.200. The smallest absolute Gasteiger partial charge is 0.420 e. The number of halogens is 6. The first-order valence-corrected chi connectivity index (χ1v) is 9.71. The number of benzene rings is 1. The van der Waals surface area contributed by atoms with E-state index in [2.05, 4.69) is 35.0 Å². The van der Waals surface area contributed by atoms with Gasteiger partial charge in [0.25, 0.3) is 0 Å². The molecule has 0 radical (unpaired) electrons. The summed E-state index contributed by atoms with van der Waals surface area (Å²) in [6, 6.07) is 2.06. The number of carbonyl (C=O) groups excluding carboxylic acids is 1. The molecule has 184 valence electrons. The van der Waals surface area contributed by atoms with Gasteiger partial charge in [-0.2, -0.15) is 26.3 Å². The molecule has 0 atom stereocenters. The lowest BCUT2D eigenvalue weighted by Crippen LogP contribution is -2.16. The molecular formula is C20H15F6N7O2. The summed E-state index contributed by atoms with van der Waals surface area (Å²) in [5.74, 6) is -0.183. The summed E-state index contributed by atoms with van der Waals surface area (Å²) in [7, 11) is 0.972. The number of aromatic amines is 2. The first kappa shape index (κ1) is 23.8. The number of imidazole rings is 1. The maximum absolute atomic E-state index is 13.9. The maximum atomic E-state index is 13.9. The third-order valence-electron chi connectivity index (χ3n) is 4.90. The van der Waals surface area contributed by atoms with E-state index in [1.165, 1.54) is 12.5 Å². The predicted octanol–water partition coefficient (Wildman–Crippen LogP) is 5.18. The highest BCUT2D eigenvalue weighted by Gasteiger charge is 2.39. The molecule has 9 nitrogen and oxygen atoms in total. The second kappa shape index (κ2) is 8.81. The van der Waals surface area contributed by atoms with Crippen LogP contribution in [0.2, 0.25) is 0 Å². The van der Waals surface area contributed by atoms with Crippen LogP contribution in [-0.2, 0) is 23.6 Å². The van der Waals surface area contributed by atoms with E-state index in [1.807, 2.05) is 5.32 Å². The van der Waals surface area contributed by atoms with Gasteiger partial charge in [0.05, 0.1) is 42.6 Å². The summed E-state index contributed by atoms with van der Waals surface area (Å²) in [6.45, 7) is 0.111. The Morgan fingerprint density at radius 1 is 1.09 bits per heavy atom. The number of amides is 1. The molecule has 0 saturated carbocycles. The number of aromatic nitrogens is 5. The van der Waals surface area contributed by atoms with Gasteiger partial charge in [-0.05, 0) is 6.07 Å². The summed E-state index contributed by atoms with van der Waals surface area (Å²) in [6.07, 6.45) is -6.58. The molecule has 0 bridgehead atoms. The van der Waals surface area contributed by atoms with Crippen molar-refractivity contribution in [2.75, 3.05) is 17.7 Å². The predicted molar refractivity (Wildman–Crippen MR) is 111 cm³/mol. The standard InChI is InChI=1S/C20H15F6N7O2/c1-35-18(34)32-13-3-2-10-11(6-28-16(10)14(13)20(24,25)26)15-12(19(21,22)23)7-30-17(33-15)29-5-9-4-27-8-31-9/h2-4,6-8,28H,5H2,1H3,(H,27,31)(H,32,34)(H,29,30,33). The molecule has 0 aliphatic rings. The molecule has 15 heteroatoms. The Balaban J connectivity index is 1.85. The maximum Gasteiger partial charge on any atom is 0.420 e. The molecule has 0 fully saturated rings. The van der Waals surface area contributed by atoms with Gasteiger partial charge in [0.2, 0.25) is 5.95 Å². The zero-order valence-corrected chi connectivity index (χ0v) is 17.6. The van der Waals surface area contributed by atoms with Gasteiger partial charge in [0.15, 0.2) is 0 Å². The van der Waals surface area contributed by atoms with E-state index in [0.717, 1.165) is 25.4 Å². The monoisotopic (exact) mass is 499 g/mol. The van der Waals surface area contributed by atoms with Crippen LogP contribution in [0.25, 0.3) is 22.2 Å². The van der Waals surface area contributed by atoms with Crippen LogP contribution < -0.4 is 10.6 Å². The topological polar surface area (TPSA) is 121 Å². The van der Waals surface area contributed by atoms with Gasteiger partial charge in [0.1, 0.15) is 11.1 Å². The number of methoxy groups -OCH3 is 1. The average Bonchev–Trinajstić information content (AvgIpc) is 3.45. The number of nitrogens with zero attached hydrogens (tertiary/aromatic N) is 3. The minimum absolute atomic E-state index is 0.111. The van der Waals surface area contributed by atoms with E-state index in [0.29, 0.717) is 11.9 Å². The Bertz CT molecular complexity index is 1360. The van der Waals surface area contributed by atoms with Crippen molar-refractivity contribution in [3.05, 3.63) is 53.9 Å². The van der Waals surface area contributed by atoms with Crippen molar-refractivity contribution in [3.8, 4) is 11.3 Å². The lowest BCUT2D eigenvalue weighted by atomic mass is 10.0. The van der Waals surface area contributed by atoms with E-state index in [-0.39, 0.29) is 23.4 Å². The van der Waals surface area contributed by atoms with Gasteiger partial charge >= 0.3 is 18.4 Å². The van der Waals surface area contributed by atoms with Gasteiger partial charge in [0, 0.05) is 29.5 Å². The highest BCUT2D eigenvalue weighted by atomic mass is 19.4. The molecule has 4 rings (SSSR count). The van der Waals surface area contributed by atoms with E-state index < -0.39 is 46.5 Å². The lowest BCUT2D eigenvalue weighted by Gasteiger charge is -2.15. The largest absolute Gasteiger partial charge is 0.453 e. The van der Waals surface area contributed by atoms with Gasteiger partial charge in [-0.3, -0.25) is 5.32 Å². The number of H-pyrrole nitrogens is 2. The number of fused-ring (bicyclic) bond motifs is 1. The molecule has 1 aromatic carbocycles. The number of alkyl halides is 6. The second-order valence-corrected chi connectivity index (χ2v) is 7.11. The summed E-state index contributed by atoms with van der Waals surface area (Å²) < 4.78 is 87.2. The van der Waals surface area contributed by atoms with E-state index in [4.69, 9.17) is 0 Å². The Kier molecular flexibility index (Phi) is 6.00. The second-order valence-electron chi connectivity index (χ2n) is 7.11. The van der Waals surface area contributed by atoms with Crippen LogP contribution >= 0.6 is 0 Å². The summed E-state index contributed by atoms with van der Waals surface area (Å²) in [5.41, 5.74) is -3.97. The zero-order chi connectivity index (χ0) is 25.4. The van der Waals surface area contributed by atoms with Crippen LogP contribution in [-0.4, -0.2) is 38.1 Å². The summed E-state index contributed by atoms with van der Waals surface area (Å²) >= 11 is 0. The van der Waals surface area contributed by atoms with Crippen LogP contribution in [0, 0.1) is 0 Å². The van der Waals surface area contributed by atoms with Crippen molar-refractivity contribution in [2.24, 2.45) is 0 Å². The molecule has 0 aliphatic carbocycles. The van der Waals surface area contributed by atoms with Crippen LogP contribution in [0.1, 0.15) is 16.8 Å². The van der Waals surface area contributed by atoms with Crippen LogP contribution in [0.3, 0.4) is 0 Å². The van der Waals surface area contributed by atoms with Crippen LogP contribution in [0.5, 0.6) is 0 Å². The third kappa shape index (κ3) is 4.83. The Labute approximate surface area is 191 Å². The van der Waals surface area contributed by atoms with Crippen LogP contribution in [0.4, 0.5) is 42.8 Å². The SMILES string of the molecule is COC(=O)Nc1ccc2c(-c3nc(NCc4cnc[nH]4)ncc3C(F)(F)F)c[nH]c2c1C(F)(F)F. The Hall–Kier alpha value is -4.30. The van der Waals surface area contributed by atoms with Crippen molar-refractivity contribution in [2.45, 2.75) is 18.9 Å². The summed E-state index contributed by atoms with van der Waals surface area (Å²) in [5, 5.41) is 4.50. The van der Waals surface area contributed by atoms with Crippen molar-refractivity contribution < 1.29 is 35.9 Å². The van der Waals surface area contributed by atoms with Gasteiger partial charge in [-0.1, -0.05) is 6.07 Å². The third-order valence-corrected chi connectivity index (χ3v) is 4.90. The Morgan fingerprint density at radius 2 is 1.86 bits per heavy atom.